The molecule has 0 aliphatic heterocycles. The Balaban J connectivity index is 2.48. The number of hydrogen-bond donors (Lipinski definition) is 1. The summed E-state index contributed by atoms with van der Waals surface area (Å²) in [6.07, 6.45) is 1.56. The molecule has 0 aliphatic rings. The standard InChI is InChI=1S/C5H7N3O2/c1-2-4(9)7-5-8-6-3-10-5/h3H,2H2,1H3,(H,7,8,9). The molecule has 1 N–H and O–H groups in total. The lowest BCUT2D eigenvalue weighted by molar-refractivity contribution is -0.116. The van der Waals surface area contributed by atoms with Crippen molar-refractivity contribution in [2.75, 3.05) is 5.32 Å². The average Bonchev–Trinajstić information content (AvgIpc) is 2.40. The maximum Gasteiger partial charge on any atom is 0.322 e. The van der Waals surface area contributed by atoms with Crippen molar-refractivity contribution in [3.8, 4) is 0 Å². The quantitative estimate of drug-likeness (QED) is 0.648. The van der Waals surface area contributed by atoms with Crippen molar-refractivity contribution in [3.63, 3.8) is 0 Å². The molecular formula is C5H7N3O2. The third-order valence-corrected chi connectivity index (χ3v) is 0.928. The van der Waals surface area contributed by atoms with E-state index in [9.17, 15) is 4.79 Å². The van der Waals surface area contributed by atoms with Gasteiger partial charge in [-0.3, -0.25) is 10.1 Å². The Bertz CT molecular complexity index is 207. The van der Waals surface area contributed by atoms with Crippen LogP contribution in [0.1, 0.15) is 13.3 Å². The van der Waals surface area contributed by atoms with Crippen LogP contribution in [0.4, 0.5) is 6.01 Å². The maximum atomic E-state index is 10.6. The summed E-state index contributed by atoms with van der Waals surface area (Å²) < 4.78 is 4.65. The van der Waals surface area contributed by atoms with Gasteiger partial charge in [-0.2, -0.15) is 0 Å². The van der Waals surface area contributed by atoms with Gasteiger partial charge in [0.05, 0.1) is 0 Å². The van der Waals surface area contributed by atoms with Gasteiger partial charge in [-0.25, -0.2) is 0 Å². The Morgan fingerprint density at radius 1 is 1.90 bits per heavy atom. The third-order valence-electron chi connectivity index (χ3n) is 0.928. The van der Waals surface area contributed by atoms with Crippen molar-refractivity contribution in [1.82, 2.24) is 10.2 Å². The lowest BCUT2D eigenvalue weighted by Crippen LogP contribution is -2.09. The van der Waals surface area contributed by atoms with E-state index in [2.05, 4.69) is 19.9 Å². The second kappa shape index (κ2) is 2.95. The summed E-state index contributed by atoms with van der Waals surface area (Å²) in [4.78, 5) is 10.6. The first-order chi connectivity index (χ1) is 4.83. The second-order valence-electron chi connectivity index (χ2n) is 1.65. The number of amides is 1. The number of nitrogens with zero attached hydrogens (tertiary/aromatic N) is 2. The lowest BCUT2D eigenvalue weighted by Gasteiger charge is -1.92. The molecule has 1 aromatic heterocycles. The monoisotopic (exact) mass is 141 g/mol. The molecule has 1 amide bonds. The van der Waals surface area contributed by atoms with Gasteiger partial charge in [0, 0.05) is 6.42 Å². The molecule has 0 atom stereocenters. The Kier molecular flexibility index (Phi) is 1.99. The van der Waals surface area contributed by atoms with E-state index in [1.807, 2.05) is 0 Å². The maximum absolute atomic E-state index is 10.6. The van der Waals surface area contributed by atoms with E-state index < -0.39 is 0 Å². The van der Waals surface area contributed by atoms with E-state index in [0.29, 0.717) is 6.42 Å². The molecule has 10 heavy (non-hydrogen) atoms. The van der Waals surface area contributed by atoms with Gasteiger partial charge in [-0.05, 0) is 0 Å². The van der Waals surface area contributed by atoms with E-state index >= 15 is 0 Å². The van der Waals surface area contributed by atoms with Gasteiger partial charge in [-0.1, -0.05) is 12.0 Å². The molecule has 0 unspecified atom stereocenters. The molecule has 0 fully saturated rings. The fourth-order valence-corrected chi connectivity index (χ4v) is 0.435. The van der Waals surface area contributed by atoms with Gasteiger partial charge in [-0.15, -0.1) is 5.10 Å². The Labute approximate surface area is 57.4 Å². The highest BCUT2D eigenvalue weighted by molar-refractivity contribution is 5.88. The molecule has 5 heteroatoms. The van der Waals surface area contributed by atoms with Gasteiger partial charge >= 0.3 is 6.01 Å². The first kappa shape index (κ1) is 6.73. The van der Waals surface area contributed by atoms with Crippen LogP contribution in [0.25, 0.3) is 0 Å². The Hall–Kier alpha value is -1.39. The number of nitrogens with one attached hydrogen (secondary N) is 1. The van der Waals surface area contributed by atoms with Crippen LogP contribution < -0.4 is 5.32 Å². The molecule has 1 rings (SSSR count). The Morgan fingerprint density at radius 2 is 2.70 bits per heavy atom. The van der Waals surface area contributed by atoms with E-state index in [1.54, 1.807) is 6.92 Å². The smallest absolute Gasteiger partial charge is 0.322 e. The highest BCUT2D eigenvalue weighted by Crippen LogP contribution is 1.98. The first-order valence-electron chi connectivity index (χ1n) is 2.89. The van der Waals surface area contributed by atoms with Crippen molar-refractivity contribution < 1.29 is 9.21 Å². The van der Waals surface area contributed by atoms with Crippen LogP contribution in [-0.2, 0) is 4.79 Å². The summed E-state index contributed by atoms with van der Waals surface area (Å²) in [5.74, 6) is -0.135. The summed E-state index contributed by atoms with van der Waals surface area (Å²) in [6.45, 7) is 1.74. The Morgan fingerprint density at radius 3 is 3.20 bits per heavy atom. The minimum absolute atomic E-state index is 0.135. The third kappa shape index (κ3) is 1.54. The largest absolute Gasteiger partial charge is 0.411 e. The van der Waals surface area contributed by atoms with Crippen molar-refractivity contribution >= 4 is 11.9 Å². The number of hydrogen-bond acceptors (Lipinski definition) is 4. The van der Waals surface area contributed by atoms with Crippen LogP contribution in [0.15, 0.2) is 10.8 Å². The number of anilines is 1. The molecule has 0 radical (unpaired) electrons. The average molecular weight is 141 g/mol. The van der Waals surface area contributed by atoms with Gasteiger partial charge in [0.25, 0.3) is 0 Å². The molecule has 0 saturated carbocycles. The minimum Gasteiger partial charge on any atom is -0.411 e. The van der Waals surface area contributed by atoms with Crippen molar-refractivity contribution in [3.05, 3.63) is 6.39 Å². The molecule has 0 saturated heterocycles. The summed E-state index contributed by atoms with van der Waals surface area (Å²) in [5, 5.41) is 9.23. The van der Waals surface area contributed by atoms with Crippen LogP contribution in [0, 0.1) is 0 Å². The molecular weight excluding hydrogens is 134 g/mol. The normalized spacial score (nSPS) is 9.30. The number of carbonyl (C=O) groups is 1. The van der Waals surface area contributed by atoms with Crippen LogP contribution >= 0.6 is 0 Å². The molecule has 5 nitrogen and oxygen atoms in total. The molecule has 0 aliphatic carbocycles. The van der Waals surface area contributed by atoms with Crippen molar-refractivity contribution in [1.29, 1.82) is 0 Å². The molecule has 1 aromatic rings. The van der Waals surface area contributed by atoms with Gasteiger partial charge in [0.2, 0.25) is 12.3 Å². The zero-order valence-corrected chi connectivity index (χ0v) is 5.50. The predicted molar refractivity (Wildman–Crippen MR) is 33.2 cm³/mol. The first-order valence-corrected chi connectivity index (χ1v) is 2.89. The van der Waals surface area contributed by atoms with Crippen molar-refractivity contribution in [2.24, 2.45) is 0 Å². The fraction of sp³-hybridized carbons (Fsp3) is 0.400. The number of aromatic nitrogens is 2. The summed E-state index contributed by atoms with van der Waals surface area (Å²) in [7, 11) is 0. The SMILES string of the molecule is CCC(=O)Nc1nnco1. The van der Waals surface area contributed by atoms with Crippen LogP contribution in [0.5, 0.6) is 0 Å². The fourth-order valence-electron chi connectivity index (χ4n) is 0.435. The molecule has 0 bridgehead atoms. The highest BCUT2D eigenvalue weighted by atomic mass is 16.4. The zero-order valence-electron chi connectivity index (χ0n) is 5.50. The van der Waals surface area contributed by atoms with E-state index in [4.69, 9.17) is 0 Å². The highest BCUT2D eigenvalue weighted by Gasteiger charge is 2.01. The van der Waals surface area contributed by atoms with E-state index in [-0.39, 0.29) is 11.9 Å². The molecule has 54 valence electrons. The topological polar surface area (TPSA) is 68.0 Å². The zero-order chi connectivity index (χ0) is 7.40. The van der Waals surface area contributed by atoms with Gasteiger partial charge < -0.3 is 4.42 Å². The van der Waals surface area contributed by atoms with Crippen molar-refractivity contribution in [2.45, 2.75) is 13.3 Å². The van der Waals surface area contributed by atoms with Crippen LogP contribution in [0.2, 0.25) is 0 Å². The summed E-state index contributed by atoms with van der Waals surface area (Å²) in [5.41, 5.74) is 0. The lowest BCUT2D eigenvalue weighted by atomic mass is 10.5. The van der Waals surface area contributed by atoms with Crippen LogP contribution in [-0.4, -0.2) is 16.1 Å². The molecule has 0 spiro atoms. The second-order valence-corrected chi connectivity index (χ2v) is 1.65. The summed E-state index contributed by atoms with van der Waals surface area (Å²) in [6, 6.07) is 0.145. The molecule has 1 heterocycles. The van der Waals surface area contributed by atoms with Gasteiger partial charge in [0.15, 0.2) is 0 Å². The van der Waals surface area contributed by atoms with E-state index in [0.717, 1.165) is 6.39 Å². The minimum atomic E-state index is -0.135. The van der Waals surface area contributed by atoms with Gasteiger partial charge in [0.1, 0.15) is 0 Å². The number of carbonyl (C=O) groups excluding carboxylic acids is 1. The summed E-state index contributed by atoms with van der Waals surface area (Å²) >= 11 is 0. The van der Waals surface area contributed by atoms with E-state index in [1.165, 1.54) is 0 Å². The number of rotatable bonds is 2. The van der Waals surface area contributed by atoms with Crippen LogP contribution in [0.3, 0.4) is 0 Å². The predicted octanol–water partition coefficient (Wildman–Crippen LogP) is 0.418. The molecule has 0 aromatic carbocycles.